The predicted molar refractivity (Wildman–Crippen MR) is 64.9 cm³/mol. The third-order valence-electron chi connectivity index (χ3n) is 1.81. The van der Waals surface area contributed by atoms with Gasteiger partial charge in [0.1, 0.15) is 17.6 Å². The highest BCUT2D eigenvalue weighted by Crippen LogP contribution is 2.37. The van der Waals surface area contributed by atoms with Crippen LogP contribution in [0.15, 0.2) is 10.5 Å². The normalized spacial score (nSPS) is 10.8. The molecule has 2 heterocycles. The number of rotatable bonds is 5. The van der Waals surface area contributed by atoms with Gasteiger partial charge in [-0.05, 0) is 6.07 Å². The molecule has 0 fully saturated rings. The first-order valence-corrected chi connectivity index (χ1v) is 6.20. The molecule has 0 radical (unpaired) electrons. The zero-order chi connectivity index (χ0) is 13.1. The second-order valence-corrected chi connectivity index (χ2v) is 5.41. The number of hydrogen-bond acceptors (Lipinski definition) is 6. The number of nitrogens with zero attached hydrogens (tertiary/aromatic N) is 2. The maximum Gasteiger partial charge on any atom is 0.329 e. The second kappa shape index (κ2) is 5.66. The minimum absolute atomic E-state index is 0.0746. The van der Waals surface area contributed by atoms with Gasteiger partial charge in [0.2, 0.25) is 11.8 Å². The summed E-state index contributed by atoms with van der Waals surface area (Å²) in [6.07, 6.45) is 0. The predicted octanol–water partition coefficient (Wildman–Crippen LogP) is 2.71. The van der Waals surface area contributed by atoms with E-state index in [0.717, 1.165) is 0 Å². The number of carboxylic acid groups (broad SMARTS) is 1. The average Bonchev–Trinajstić information content (AvgIpc) is 2.85. The Balaban J connectivity index is 2.06. The summed E-state index contributed by atoms with van der Waals surface area (Å²) < 4.78 is 11.0. The van der Waals surface area contributed by atoms with Gasteiger partial charge in [-0.3, -0.25) is 0 Å². The third kappa shape index (κ3) is 3.20. The summed E-state index contributed by atoms with van der Waals surface area (Å²) in [4.78, 5) is 10.2. The number of carbonyl (C=O) groups is 1. The molecule has 0 spiro atoms. The van der Waals surface area contributed by atoms with E-state index in [1.165, 1.54) is 11.3 Å². The van der Waals surface area contributed by atoms with Crippen molar-refractivity contribution in [2.75, 3.05) is 6.61 Å². The van der Waals surface area contributed by atoms with Gasteiger partial charge in [-0.1, -0.05) is 23.2 Å². The molecule has 0 aromatic carbocycles. The number of thiophene rings is 1. The van der Waals surface area contributed by atoms with Gasteiger partial charge in [-0.2, -0.15) is 0 Å². The van der Waals surface area contributed by atoms with Gasteiger partial charge < -0.3 is 14.3 Å². The lowest BCUT2D eigenvalue weighted by Crippen LogP contribution is -2.06. The van der Waals surface area contributed by atoms with Gasteiger partial charge in [0, 0.05) is 0 Å². The standard InChI is InChI=1S/C9H6Cl2N2O4S/c10-5-1-4(8(11)18-5)9-13-12-6(17-9)2-16-3-7(14)15/h1H,2-3H2,(H,14,15). The van der Waals surface area contributed by atoms with Crippen molar-refractivity contribution in [3.63, 3.8) is 0 Å². The molecule has 96 valence electrons. The zero-order valence-electron chi connectivity index (χ0n) is 8.72. The van der Waals surface area contributed by atoms with E-state index in [1.54, 1.807) is 6.07 Å². The first-order valence-electron chi connectivity index (χ1n) is 4.63. The monoisotopic (exact) mass is 308 g/mol. The molecule has 0 aliphatic heterocycles. The average molecular weight is 309 g/mol. The summed E-state index contributed by atoms with van der Waals surface area (Å²) in [5, 5.41) is 15.9. The number of hydrogen-bond donors (Lipinski definition) is 1. The Morgan fingerprint density at radius 1 is 1.50 bits per heavy atom. The van der Waals surface area contributed by atoms with Crippen LogP contribution in [0.5, 0.6) is 0 Å². The highest BCUT2D eigenvalue weighted by Gasteiger charge is 2.15. The summed E-state index contributed by atoms with van der Waals surface area (Å²) in [5.74, 6) is -0.677. The number of halogens is 2. The summed E-state index contributed by atoms with van der Waals surface area (Å²) in [6.45, 7) is -0.502. The van der Waals surface area contributed by atoms with E-state index in [1.807, 2.05) is 0 Å². The van der Waals surface area contributed by atoms with Crippen LogP contribution in [0.2, 0.25) is 8.67 Å². The quantitative estimate of drug-likeness (QED) is 0.914. The molecule has 2 aromatic heterocycles. The Morgan fingerprint density at radius 2 is 2.28 bits per heavy atom. The molecule has 0 saturated carbocycles. The van der Waals surface area contributed by atoms with Crippen LogP contribution in [0.4, 0.5) is 0 Å². The van der Waals surface area contributed by atoms with Crippen molar-refractivity contribution in [3.8, 4) is 11.5 Å². The molecule has 0 aliphatic rings. The Morgan fingerprint density at radius 3 is 2.89 bits per heavy atom. The lowest BCUT2D eigenvalue weighted by molar-refractivity contribution is -0.142. The topological polar surface area (TPSA) is 85.5 Å². The lowest BCUT2D eigenvalue weighted by Gasteiger charge is -1.95. The number of ether oxygens (including phenoxy) is 1. The molecular formula is C9H6Cl2N2O4S. The Labute approximate surface area is 115 Å². The van der Waals surface area contributed by atoms with Crippen LogP contribution >= 0.6 is 34.5 Å². The maximum absolute atomic E-state index is 10.2. The van der Waals surface area contributed by atoms with Gasteiger partial charge in [-0.15, -0.1) is 21.5 Å². The van der Waals surface area contributed by atoms with Crippen molar-refractivity contribution in [3.05, 3.63) is 20.6 Å². The summed E-state index contributed by atoms with van der Waals surface area (Å²) >= 11 is 12.9. The van der Waals surface area contributed by atoms with Gasteiger partial charge >= 0.3 is 5.97 Å². The molecule has 0 bridgehead atoms. The van der Waals surface area contributed by atoms with E-state index in [2.05, 4.69) is 10.2 Å². The fourth-order valence-electron chi connectivity index (χ4n) is 1.13. The first kappa shape index (κ1) is 13.3. The SMILES string of the molecule is O=C(O)COCc1nnc(-c2cc(Cl)sc2Cl)o1. The van der Waals surface area contributed by atoms with Crippen LogP contribution in [-0.4, -0.2) is 27.9 Å². The van der Waals surface area contributed by atoms with Crippen molar-refractivity contribution in [1.29, 1.82) is 0 Å². The fraction of sp³-hybridized carbons (Fsp3) is 0.222. The molecule has 0 amide bonds. The maximum atomic E-state index is 10.2. The van der Waals surface area contributed by atoms with Crippen molar-refractivity contribution in [2.24, 2.45) is 0 Å². The zero-order valence-corrected chi connectivity index (χ0v) is 11.1. The molecule has 0 atom stereocenters. The number of aromatic nitrogens is 2. The van der Waals surface area contributed by atoms with Crippen LogP contribution in [0.1, 0.15) is 5.89 Å². The van der Waals surface area contributed by atoms with Gasteiger partial charge in [0.25, 0.3) is 0 Å². The van der Waals surface area contributed by atoms with E-state index < -0.39 is 12.6 Å². The van der Waals surface area contributed by atoms with Crippen molar-refractivity contribution in [2.45, 2.75) is 6.61 Å². The highest BCUT2D eigenvalue weighted by molar-refractivity contribution is 7.20. The van der Waals surface area contributed by atoms with Crippen LogP contribution in [0.3, 0.4) is 0 Å². The summed E-state index contributed by atoms with van der Waals surface area (Å²) in [6, 6.07) is 1.62. The minimum Gasteiger partial charge on any atom is -0.480 e. The number of carboxylic acids is 1. The van der Waals surface area contributed by atoms with E-state index in [9.17, 15) is 4.79 Å². The van der Waals surface area contributed by atoms with Crippen LogP contribution in [0, 0.1) is 0 Å². The number of aliphatic carboxylic acids is 1. The van der Waals surface area contributed by atoms with Crippen molar-refractivity contribution < 1.29 is 19.1 Å². The second-order valence-electron chi connectivity index (χ2n) is 3.13. The molecular weight excluding hydrogens is 303 g/mol. The van der Waals surface area contributed by atoms with E-state index in [-0.39, 0.29) is 18.4 Å². The highest BCUT2D eigenvalue weighted by atomic mass is 35.5. The van der Waals surface area contributed by atoms with E-state index in [4.69, 9.17) is 37.5 Å². The molecule has 1 N–H and O–H groups in total. The Bertz CT molecular complexity index is 569. The smallest absolute Gasteiger partial charge is 0.329 e. The lowest BCUT2D eigenvalue weighted by atomic mass is 10.3. The molecule has 18 heavy (non-hydrogen) atoms. The van der Waals surface area contributed by atoms with E-state index >= 15 is 0 Å². The largest absolute Gasteiger partial charge is 0.480 e. The molecule has 2 rings (SSSR count). The van der Waals surface area contributed by atoms with Crippen molar-refractivity contribution >= 4 is 40.5 Å². The molecule has 0 saturated heterocycles. The first-order chi connectivity index (χ1) is 8.56. The fourth-order valence-corrected chi connectivity index (χ4v) is 2.58. The molecule has 2 aromatic rings. The third-order valence-corrected chi connectivity index (χ3v) is 3.29. The Kier molecular flexibility index (Phi) is 4.18. The van der Waals surface area contributed by atoms with Crippen LogP contribution < -0.4 is 0 Å². The molecule has 0 aliphatic carbocycles. The van der Waals surface area contributed by atoms with E-state index in [0.29, 0.717) is 14.2 Å². The summed E-state index contributed by atoms with van der Waals surface area (Å²) in [7, 11) is 0. The van der Waals surface area contributed by atoms with Crippen molar-refractivity contribution in [1.82, 2.24) is 10.2 Å². The van der Waals surface area contributed by atoms with Crippen LogP contribution in [-0.2, 0) is 16.1 Å². The summed E-state index contributed by atoms with van der Waals surface area (Å²) in [5.41, 5.74) is 0.545. The van der Waals surface area contributed by atoms with Gasteiger partial charge in [-0.25, -0.2) is 4.79 Å². The molecule has 0 unspecified atom stereocenters. The molecule has 6 nitrogen and oxygen atoms in total. The Hall–Kier alpha value is -1.15. The van der Waals surface area contributed by atoms with Gasteiger partial charge in [0.05, 0.1) is 9.90 Å². The molecule has 9 heteroatoms. The minimum atomic E-state index is -1.07. The van der Waals surface area contributed by atoms with Gasteiger partial charge in [0.15, 0.2) is 0 Å². The van der Waals surface area contributed by atoms with Crippen LogP contribution in [0.25, 0.3) is 11.5 Å².